The number of alkyl halides is 2. The second-order valence-corrected chi connectivity index (χ2v) is 11.0. The van der Waals surface area contributed by atoms with Crippen LogP contribution in [-0.4, -0.2) is 53.8 Å². The van der Waals surface area contributed by atoms with Crippen LogP contribution in [0.2, 0.25) is 5.02 Å². The van der Waals surface area contributed by atoms with Crippen LogP contribution < -0.4 is 20.4 Å². The van der Waals surface area contributed by atoms with Gasteiger partial charge in [-0.05, 0) is 30.3 Å². The molecule has 1 aliphatic heterocycles. The highest BCUT2D eigenvalue weighted by atomic mass is 35.5. The average Bonchev–Trinajstić information content (AvgIpc) is 2.95. The van der Waals surface area contributed by atoms with Crippen LogP contribution in [0.1, 0.15) is 36.4 Å². The largest absolute Gasteiger partial charge is 0.351 e. The normalized spacial score (nSPS) is 18.6. The molecule has 1 saturated carbocycles. The minimum Gasteiger partial charge on any atom is -0.351 e. The Labute approximate surface area is 254 Å². The molecule has 2 N–H and O–H groups in total. The highest BCUT2D eigenvalue weighted by Crippen LogP contribution is 2.39. The quantitative estimate of drug-likeness (QED) is 0.360. The number of hydrogen-bond acceptors (Lipinski definition) is 6. The van der Waals surface area contributed by atoms with Crippen LogP contribution in [0.5, 0.6) is 0 Å². The third-order valence-electron chi connectivity index (χ3n) is 7.36. The summed E-state index contributed by atoms with van der Waals surface area (Å²) >= 11 is 6.45. The van der Waals surface area contributed by atoms with Crippen LogP contribution >= 0.6 is 11.6 Å². The van der Waals surface area contributed by atoms with Gasteiger partial charge in [-0.1, -0.05) is 29.8 Å². The number of anilines is 2. The summed E-state index contributed by atoms with van der Waals surface area (Å²) in [5.41, 5.74) is -0.0353. The average molecular weight is 629 g/mol. The predicted octanol–water partition coefficient (Wildman–Crippen LogP) is 4.27. The molecule has 3 amide bonds. The van der Waals surface area contributed by atoms with Crippen molar-refractivity contribution in [2.24, 2.45) is 0 Å². The molecule has 2 atom stereocenters. The van der Waals surface area contributed by atoms with Gasteiger partial charge in [-0.2, -0.15) is 5.26 Å². The number of nitriles is 1. The van der Waals surface area contributed by atoms with Gasteiger partial charge in [0.15, 0.2) is 0 Å². The van der Waals surface area contributed by atoms with Crippen molar-refractivity contribution in [1.82, 2.24) is 15.6 Å². The fourth-order valence-electron chi connectivity index (χ4n) is 5.38. The third kappa shape index (κ3) is 6.66. The Kier molecular flexibility index (Phi) is 8.85. The molecular formula is C30H25ClF4N6O3. The van der Waals surface area contributed by atoms with Crippen molar-refractivity contribution < 1.29 is 31.9 Å². The SMILES string of the molecule is N#Cc1ccnc(N2C(=O)CNC[C@@H]2CC(=O)N(c2cc(F)cc(F)c2)[C@H](C(=O)NC2CC(F)(F)C2)c2ccccc2Cl)c1. The van der Waals surface area contributed by atoms with E-state index < -0.39 is 72.7 Å². The van der Waals surface area contributed by atoms with Crippen LogP contribution in [0.15, 0.2) is 60.8 Å². The number of hydrogen-bond donors (Lipinski definition) is 2. The van der Waals surface area contributed by atoms with E-state index in [1.807, 2.05) is 6.07 Å². The lowest BCUT2D eigenvalue weighted by Crippen LogP contribution is -2.58. The van der Waals surface area contributed by atoms with Crippen LogP contribution in [0, 0.1) is 23.0 Å². The van der Waals surface area contributed by atoms with Gasteiger partial charge in [-0.3, -0.25) is 24.2 Å². The summed E-state index contributed by atoms with van der Waals surface area (Å²) in [6, 6.07) is 9.65. The van der Waals surface area contributed by atoms with Crippen molar-refractivity contribution in [3.63, 3.8) is 0 Å². The summed E-state index contributed by atoms with van der Waals surface area (Å²) < 4.78 is 56.3. The van der Waals surface area contributed by atoms with Crippen LogP contribution in [0.3, 0.4) is 0 Å². The standard InChI is InChI=1S/C30H25ClF4N6O3/c31-24-4-2-1-3-23(24)28(29(44)39-20-12-30(34,35)13-20)41(21-9-18(32)8-19(33)10-21)26(42)11-22-15-37-16-27(43)40(22)25-7-17(14-36)5-6-38-25/h1-10,20,22,28,37H,11-13,15-16H2,(H,39,44)/t22-,28-/m0/s1. The van der Waals surface area contributed by atoms with Crippen molar-refractivity contribution in [3.05, 3.63) is 88.6 Å². The van der Waals surface area contributed by atoms with Crippen molar-refractivity contribution in [1.29, 1.82) is 5.26 Å². The zero-order valence-electron chi connectivity index (χ0n) is 22.9. The van der Waals surface area contributed by atoms with Gasteiger partial charge in [0, 0.05) is 54.7 Å². The molecule has 2 fully saturated rings. The van der Waals surface area contributed by atoms with Crippen molar-refractivity contribution >= 4 is 40.8 Å². The van der Waals surface area contributed by atoms with Crippen LogP contribution in [0.4, 0.5) is 29.1 Å². The predicted molar refractivity (Wildman–Crippen MR) is 152 cm³/mol. The van der Waals surface area contributed by atoms with Gasteiger partial charge in [0.2, 0.25) is 17.7 Å². The highest BCUT2D eigenvalue weighted by Gasteiger charge is 2.47. The van der Waals surface area contributed by atoms with E-state index in [2.05, 4.69) is 15.6 Å². The molecule has 228 valence electrons. The second-order valence-electron chi connectivity index (χ2n) is 10.6. The molecule has 44 heavy (non-hydrogen) atoms. The number of halogens is 5. The van der Waals surface area contributed by atoms with Crippen molar-refractivity contribution in [2.45, 2.75) is 43.3 Å². The molecule has 2 aromatic carbocycles. The van der Waals surface area contributed by atoms with Crippen molar-refractivity contribution in [2.75, 3.05) is 22.9 Å². The van der Waals surface area contributed by atoms with Gasteiger partial charge in [0.25, 0.3) is 5.92 Å². The Morgan fingerprint density at radius 2 is 1.86 bits per heavy atom. The molecule has 2 aliphatic rings. The van der Waals surface area contributed by atoms with E-state index in [0.29, 0.717) is 6.07 Å². The number of benzene rings is 2. The fraction of sp³-hybridized carbons (Fsp3) is 0.300. The molecule has 1 saturated heterocycles. The minimum absolute atomic E-state index is 0.0370. The minimum atomic E-state index is -2.96. The molecule has 1 aliphatic carbocycles. The zero-order chi connectivity index (χ0) is 31.6. The first-order valence-corrected chi connectivity index (χ1v) is 13.9. The van der Waals surface area contributed by atoms with Gasteiger partial charge < -0.3 is 10.6 Å². The van der Waals surface area contributed by atoms with Gasteiger partial charge in [0.1, 0.15) is 23.5 Å². The fourth-order valence-corrected chi connectivity index (χ4v) is 5.62. The smallest absolute Gasteiger partial charge is 0.252 e. The topological polar surface area (TPSA) is 118 Å². The molecule has 2 heterocycles. The first-order chi connectivity index (χ1) is 21.0. The Bertz CT molecular complexity index is 1620. The highest BCUT2D eigenvalue weighted by molar-refractivity contribution is 6.31. The Morgan fingerprint density at radius 3 is 2.52 bits per heavy atom. The third-order valence-corrected chi connectivity index (χ3v) is 7.70. The van der Waals surface area contributed by atoms with Gasteiger partial charge in [-0.25, -0.2) is 22.5 Å². The summed E-state index contributed by atoms with van der Waals surface area (Å²) in [6.45, 7) is 0.0139. The Hall–Kier alpha value is -4.54. The summed E-state index contributed by atoms with van der Waals surface area (Å²) in [5.74, 6) is -7.10. The number of piperazine rings is 1. The van der Waals surface area contributed by atoms with E-state index in [1.54, 1.807) is 6.07 Å². The van der Waals surface area contributed by atoms with E-state index in [4.69, 9.17) is 11.6 Å². The molecule has 0 bridgehead atoms. The molecular weight excluding hydrogens is 604 g/mol. The maximum atomic E-state index is 14.5. The molecule has 0 radical (unpaired) electrons. The number of aromatic nitrogens is 1. The van der Waals surface area contributed by atoms with E-state index in [1.165, 1.54) is 41.4 Å². The molecule has 0 spiro atoms. The number of amides is 3. The second kappa shape index (κ2) is 12.6. The summed E-state index contributed by atoms with van der Waals surface area (Å²) in [5, 5.41) is 14.8. The van der Waals surface area contributed by atoms with E-state index in [-0.39, 0.29) is 40.7 Å². The first-order valence-electron chi connectivity index (χ1n) is 13.6. The molecule has 0 unspecified atom stereocenters. The number of nitrogens with zero attached hydrogens (tertiary/aromatic N) is 4. The number of carbonyl (C=O) groups is 3. The summed E-state index contributed by atoms with van der Waals surface area (Å²) in [6.07, 6.45) is -0.358. The lowest BCUT2D eigenvalue weighted by molar-refractivity contribution is -0.133. The molecule has 14 heteroatoms. The summed E-state index contributed by atoms with van der Waals surface area (Å²) in [4.78, 5) is 47.3. The number of nitrogens with one attached hydrogen (secondary N) is 2. The lowest BCUT2D eigenvalue weighted by atomic mass is 9.87. The molecule has 1 aromatic heterocycles. The monoisotopic (exact) mass is 628 g/mol. The molecule has 3 aromatic rings. The molecule has 9 nitrogen and oxygen atoms in total. The van der Waals surface area contributed by atoms with E-state index in [0.717, 1.165) is 17.0 Å². The molecule has 5 rings (SSSR count). The van der Waals surface area contributed by atoms with Crippen LogP contribution in [0.25, 0.3) is 0 Å². The Morgan fingerprint density at radius 1 is 1.16 bits per heavy atom. The first kappa shape index (κ1) is 30.9. The van der Waals surface area contributed by atoms with Crippen molar-refractivity contribution in [3.8, 4) is 6.07 Å². The lowest BCUT2D eigenvalue weighted by Gasteiger charge is -2.39. The number of pyridine rings is 1. The Balaban J connectivity index is 1.56. The van der Waals surface area contributed by atoms with E-state index in [9.17, 15) is 37.2 Å². The van der Waals surface area contributed by atoms with Gasteiger partial charge in [0.05, 0.1) is 29.9 Å². The van der Waals surface area contributed by atoms with E-state index >= 15 is 0 Å². The van der Waals surface area contributed by atoms with Crippen LogP contribution in [-0.2, 0) is 14.4 Å². The number of carbonyl (C=O) groups excluding carboxylic acids is 3. The maximum absolute atomic E-state index is 14.5. The zero-order valence-corrected chi connectivity index (χ0v) is 23.7. The maximum Gasteiger partial charge on any atom is 0.252 e. The number of rotatable bonds is 8. The summed E-state index contributed by atoms with van der Waals surface area (Å²) in [7, 11) is 0. The van der Waals surface area contributed by atoms with Gasteiger partial charge in [-0.15, -0.1) is 0 Å². The van der Waals surface area contributed by atoms with Gasteiger partial charge >= 0.3 is 0 Å².